The van der Waals surface area contributed by atoms with Crippen LogP contribution in [0.3, 0.4) is 0 Å². The van der Waals surface area contributed by atoms with Gasteiger partial charge in [0.2, 0.25) is 0 Å². The third-order valence-electron chi connectivity index (χ3n) is 4.74. The molecule has 0 aliphatic rings. The van der Waals surface area contributed by atoms with Crippen molar-refractivity contribution in [2.75, 3.05) is 7.05 Å². The number of aromatic nitrogens is 2. The van der Waals surface area contributed by atoms with Crippen LogP contribution in [0.2, 0.25) is 0 Å². The van der Waals surface area contributed by atoms with Crippen molar-refractivity contribution in [1.82, 2.24) is 14.7 Å². The van der Waals surface area contributed by atoms with Crippen LogP contribution in [0.5, 0.6) is 0 Å². The van der Waals surface area contributed by atoms with Crippen LogP contribution in [0.1, 0.15) is 47.1 Å². The second kappa shape index (κ2) is 8.48. The van der Waals surface area contributed by atoms with E-state index in [9.17, 15) is 9.59 Å². The van der Waals surface area contributed by atoms with Gasteiger partial charge in [-0.2, -0.15) is 5.10 Å². The van der Waals surface area contributed by atoms with Crippen LogP contribution in [-0.4, -0.2) is 27.6 Å². The van der Waals surface area contributed by atoms with Crippen molar-refractivity contribution in [2.24, 2.45) is 0 Å². The molecule has 0 saturated heterocycles. The Morgan fingerprint density at radius 3 is 2.59 bits per heavy atom. The topological polar surface area (TPSA) is 55.2 Å². The Morgan fingerprint density at radius 1 is 1.19 bits per heavy atom. The van der Waals surface area contributed by atoms with Crippen molar-refractivity contribution in [3.05, 3.63) is 62.2 Å². The SMILES string of the molecule is CCCCCn1nc(C(=O)N(C)Cc2sccc2C)c2ccccc2c1=O. The number of hydrogen-bond donors (Lipinski definition) is 0. The highest BCUT2D eigenvalue weighted by Crippen LogP contribution is 2.20. The summed E-state index contributed by atoms with van der Waals surface area (Å²) < 4.78 is 1.45. The molecule has 0 atom stereocenters. The minimum atomic E-state index is -0.164. The number of aryl methyl sites for hydroxylation is 2. The van der Waals surface area contributed by atoms with Crippen LogP contribution < -0.4 is 5.56 Å². The fourth-order valence-electron chi connectivity index (χ4n) is 3.09. The number of carbonyl (C=O) groups is 1. The lowest BCUT2D eigenvalue weighted by molar-refractivity contribution is 0.0780. The Morgan fingerprint density at radius 2 is 1.93 bits per heavy atom. The maximum absolute atomic E-state index is 13.1. The number of thiophene rings is 1. The van der Waals surface area contributed by atoms with E-state index in [2.05, 4.69) is 18.1 Å². The van der Waals surface area contributed by atoms with Gasteiger partial charge >= 0.3 is 0 Å². The van der Waals surface area contributed by atoms with Crippen molar-refractivity contribution in [1.29, 1.82) is 0 Å². The molecule has 0 aliphatic heterocycles. The van der Waals surface area contributed by atoms with E-state index in [1.807, 2.05) is 24.4 Å². The summed E-state index contributed by atoms with van der Waals surface area (Å²) in [6, 6.07) is 9.30. The zero-order chi connectivity index (χ0) is 19.4. The minimum Gasteiger partial charge on any atom is -0.335 e. The zero-order valence-corrected chi connectivity index (χ0v) is 16.9. The van der Waals surface area contributed by atoms with Crippen LogP contribution in [0.25, 0.3) is 10.8 Å². The third kappa shape index (κ3) is 4.11. The fraction of sp³-hybridized carbons (Fsp3) is 0.381. The molecule has 142 valence electrons. The van der Waals surface area contributed by atoms with Crippen molar-refractivity contribution >= 4 is 28.0 Å². The van der Waals surface area contributed by atoms with Gasteiger partial charge in [0.05, 0.1) is 11.9 Å². The smallest absolute Gasteiger partial charge is 0.275 e. The lowest BCUT2D eigenvalue weighted by Gasteiger charge is -2.18. The highest BCUT2D eigenvalue weighted by molar-refractivity contribution is 7.10. The molecule has 2 heterocycles. The molecule has 3 aromatic rings. The quantitative estimate of drug-likeness (QED) is 0.574. The fourth-order valence-corrected chi connectivity index (χ4v) is 4.05. The second-order valence-corrected chi connectivity index (χ2v) is 7.82. The summed E-state index contributed by atoms with van der Waals surface area (Å²) in [4.78, 5) is 28.7. The Balaban J connectivity index is 1.98. The monoisotopic (exact) mass is 383 g/mol. The molecule has 1 aromatic carbocycles. The largest absolute Gasteiger partial charge is 0.335 e. The van der Waals surface area contributed by atoms with Gasteiger partial charge in [0.1, 0.15) is 0 Å². The van der Waals surface area contributed by atoms with Gasteiger partial charge in [-0.3, -0.25) is 9.59 Å². The van der Waals surface area contributed by atoms with Crippen molar-refractivity contribution in [2.45, 2.75) is 46.2 Å². The number of amides is 1. The maximum Gasteiger partial charge on any atom is 0.275 e. The van der Waals surface area contributed by atoms with Gasteiger partial charge in [0.15, 0.2) is 5.69 Å². The van der Waals surface area contributed by atoms with E-state index in [0.29, 0.717) is 29.6 Å². The third-order valence-corrected chi connectivity index (χ3v) is 5.75. The summed E-state index contributed by atoms with van der Waals surface area (Å²) in [5.41, 5.74) is 1.40. The molecule has 0 radical (unpaired) electrons. The molecular weight excluding hydrogens is 358 g/mol. The molecule has 3 rings (SSSR count). The molecule has 0 spiro atoms. The van der Waals surface area contributed by atoms with Crippen molar-refractivity contribution in [3.63, 3.8) is 0 Å². The highest BCUT2D eigenvalue weighted by Gasteiger charge is 2.20. The number of nitrogens with zero attached hydrogens (tertiary/aromatic N) is 3. The summed E-state index contributed by atoms with van der Waals surface area (Å²) in [5.74, 6) is -0.164. The molecule has 6 heteroatoms. The maximum atomic E-state index is 13.1. The zero-order valence-electron chi connectivity index (χ0n) is 16.1. The van der Waals surface area contributed by atoms with E-state index in [1.165, 1.54) is 10.2 Å². The summed E-state index contributed by atoms with van der Waals surface area (Å²) in [7, 11) is 1.78. The first kappa shape index (κ1) is 19.3. The number of carbonyl (C=O) groups excluding carboxylic acids is 1. The first-order chi connectivity index (χ1) is 13.0. The number of fused-ring (bicyclic) bond motifs is 1. The molecule has 27 heavy (non-hydrogen) atoms. The molecule has 0 N–H and O–H groups in total. The Labute approximate surface area is 163 Å². The van der Waals surface area contributed by atoms with E-state index < -0.39 is 0 Å². The number of unbranched alkanes of at least 4 members (excludes halogenated alkanes) is 2. The predicted molar refractivity (Wildman–Crippen MR) is 110 cm³/mol. The van der Waals surface area contributed by atoms with E-state index >= 15 is 0 Å². The molecule has 2 aromatic heterocycles. The Kier molecular flexibility index (Phi) is 6.06. The van der Waals surface area contributed by atoms with Gasteiger partial charge in [0.25, 0.3) is 11.5 Å². The first-order valence-electron chi connectivity index (χ1n) is 9.31. The molecule has 0 saturated carbocycles. The summed E-state index contributed by atoms with van der Waals surface area (Å²) in [5, 5.41) is 7.66. The van der Waals surface area contributed by atoms with Gasteiger partial charge < -0.3 is 4.90 Å². The van der Waals surface area contributed by atoms with Crippen LogP contribution in [0.4, 0.5) is 0 Å². The van der Waals surface area contributed by atoms with Crippen LogP contribution >= 0.6 is 11.3 Å². The lowest BCUT2D eigenvalue weighted by Crippen LogP contribution is -2.32. The summed E-state index contributed by atoms with van der Waals surface area (Å²) >= 11 is 1.64. The first-order valence-corrected chi connectivity index (χ1v) is 10.2. The summed E-state index contributed by atoms with van der Waals surface area (Å²) in [6.45, 7) is 5.23. The number of benzene rings is 1. The molecule has 0 bridgehead atoms. The van der Waals surface area contributed by atoms with Crippen LogP contribution in [0.15, 0.2) is 40.5 Å². The number of rotatable bonds is 7. The highest BCUT2D eigenvalue weighted by atomic mass is 32.1. The van der Waals surface area contributed by atoms with E-state index in [4.69, 9.17) is 0 Å². The minimum absolute atomic E-state index is 0.130. The van der Waals surface area contributed by atoms with E-state index in [1.54, 1.807) is 35.4 Å². The molecule has 5 nitrogen and oxygen atoms in total. The predicted octanol–water partition coefficient (Wildman–Crippen LogP) is 4.23. The molecule has 0 fully saturated rings. The summed E-state index contributed by atoms with van der Waals surface area (Å²) in [6.07, 6.45) is 2.97. The normalized spacial score (nSPS) is 11.1. The average molecular weight is 384 g/mol. The average Bonchev–Trinajstić information content (AvgIpc) is 3.08. The standard InChI is InChI=1S/C21H25N3O2S/c1-4-5-8-12-24-20(25)17-10-7-6-9-16(17)19(22-24)21(26)23(3)14-18-15(2)11-13-27-18/h6-7,9-11,13H,4-5,8,12,14H2,1-3H3. The Bertz CT molecular complexity index is 1010. The molecular formula is C21H25N3O2S. The van der Waals surface area contributed by atoms with Gasteiger partial charge in [-0.05, 0) is 36.4 Å². The lowest BCUT2D eigenvalue weighted by atomic mass is 10.1. The molecule has 1 amide bonds. The molecule has 0 aliphatic carbocycles. The van der Waals surface area contributed by atoms with Crippen molar-refractivity contribution < 1.29 is 4.79 Å². The Hall–Kier alpha value is -2.47. The molecule has 0 unspecified atom stereocenters. The van der Waals surface area contributed by atoms with Crippen LogP contribution in [0, 0.1) is 6.92 Å². The van der Waals surface area contributed by atoms with Crippen LogP contribution in [-0.2, 0) is 13.1 Å². The van der Waals surface area contributed by atoms with Crippen molar-refractivity contribution in [3.8, 4) is 0 Å². The van der Waals surface area contributed by atoms with E-state index in [0.717, 1.165) is 24.1 Å². The van der Waals surface area contributed by atoms with Gasteiger partial charge in [-0.15, -0.1) is 11.3 Å². The number of hydrogen-bond acceptors (Lipinski definition) is 4. The second-order valence-electron chi connectivity index (χ2n) is 6.82. The van der Waals surface area contributed by atoms with Gasteiger partial charge in [0, 0.05) is 23.9 Å². The van der Waals surface area contributed by atoms with Gasteiger partial charge in [-0.1, -0.05) is 38.0 Å². The van der Waals surface area contributed by atoms with Gasteiger partial charge in [-0.25, -0.2) is 4.68 Å². The van der Waals surface area contributed by atoms with E-state index in [-0.39, 0.29) is 11.5 Å².